The van der Waals surface area contributed by atoms with Crippen LogP contribution in [0, 0.1) is 0 Å². The fourth-order valence-electron chi connectivity index (χ4n) is 1.94. The van der Waals surface area contributed by atoms with Gasteiger partial charge in [0.1, 0.15) is 9.90 Å². The second-order valence-corrected chi connectivity index (χ2v) is 7.71. The molecule has 0 atom stereocenters. The van der Waals surface area contributed by atoms with Crippen molar-refractivity contribution in [3.05, 3.63) is 64.2 Å². The smallest absolute Gasteiger partial charge is 0.242 e. The molecule has 2 aromatic heterocycles. The molecule has 2 heterocycles. The van der Waals surface area contributed by atoms with Crippen LogP contribution in [0.2, 0.25) is 5.02 Å². The minimum absolute atomic E-state index is 0.0608. The predicted molar refractivity (Wildman–Crippen MR) is 90.8 cm³/mol. The van der Waals surface area contributed by atoms with Gasteiger partial charge in [-0.05, 0) is 24.3 Å². The van der Waals surface area contributed by atoms with Crippen molar-refractivity contribution in [3.8, 4) is 11.3 Å². The highest BCUT2D eigenvalue weighted by Crippen LogP contribution is 2.23. The summed E-state index contributed by atoms with van der Waals surface area (Å²) < 4.78 is 27.1. The molecule has 118 valence electrons. The van der Waals surface area contributed by atoms with Crippen LogP contribution in [0.1, 0.15) is 5.01 Å². The Balaban J connectivity index is 1.74. The SMILES string of the molecule is O=S(=O)(NCc1nc(-c2cccnc2)cs1)c1ccccc1Cl. The topological polar surface area (TPSA) is 72.0 Å². The summed E-state index contributed by atoms with van der Waals surface area (Å²) in [5.74, 6) is 0. The highest BCUT2D eigenvalue weighted by molar-refractivity contribution is 7.89. The lowest BCUT2D eigenvalue weighted by molar-refractivity contribution is 0.581. The third-order valence-electron chi connectivity index (χ3n) is 3.05. The van der Waals surface area contributed by atoms with Gasteiger partial charge in [-0.25, -0.2) is 18.1 Å². The fourth-order valence-corrected chi connectivity index (χ4v) is 4.28. The normalized spacial score (nSPS) is 11.5. The zero-order chi connectivity index (χ0) is 16.3. The van der Waals surface area contributed by atoms with Gasteiger partial charge >= 0.3 is 0 Å². The number of rotatable bonds is 5. The summed E-state index contributed by atoms with van der Waals surface area (Å²) in [6.07, 6.45) is 3.40. The summed E-state index contributed by atoms with van der Waals surface area (Å²) in [4.78, 5) is 8.52. The van der Waals surface area contributed by atoms with Crippen LogP contribution in [0.25, 0.3) is 11.3 Å². The molecule has 1 N–H and O–H groups in total. The van der Waals surface area contributed by atoms with Gasteiger partial charge in [0, 0.05) is 23.3 Å². The third kappa shape index (κ3) is 3.76. The van der Waals surface area contributed by atoms with Crippen LogP contribution in [-0.2, 0) is 16.6 Å². The molecular formula is C15H12ClN3O2S2. The molecule has 5 nitrogen and oxygen atoms in total. The molecule has 0 amide bonds. The molecule has 0 aliphatic heterocycles. The summed E-state index contributed by atoms with van der Waals surface area (Å²) in [6, 6.07) is 10.1. The molecule has 3 aromatic rings. The molecule has 0 radical (unpaired) electrons. The minimum atomic E-state index is -3.67. The molecule has 0 saturated carbocycles. The Kier molecular flexibility index (Phi) is 4.72. The molecule has 0 aliphatic carbocycles. The van der Waals surface area contributed by atoms with E-state index in [2.05, 4.69) is 14.7 Å². The molecule has 1 aromatic carbocycles. The summed E-state index contributed by atoms with van der Waals surface area (Å²) in [6.45, 7) is 0.110. The molecule has 0 fully saturated rings. The van der Waals surface area contributed by atoms with Crippen molar-refractivity contribution in [1.29, 1.82) is 0 Å². The average molecular weight is 366 g/mol. The van der Waals surface area contributed by atoms with Gasteiger partial charge in [0.05, 0.1) is 17.3 Å². The minimum Gasteiger partial charge on any atom is -0.264 e. The van der Waals surface area contributed by atoms with Crippen LogP contribution >= 0.6 is 22.9 Å². The number of nitrogens with zero attached hydrogens (tertiary/aromatic N) is 2. The van der Waals surface area contributed by atoms with Crippen molar-refractivity contribution < 1.29 is 8.42 Å². The zero-order valence-corrected chi connectivity index (χ0v) is 14.2. The van der Waals surface area contributed by atoms with Gasteiger partial charge < -0.3 is 0 Å². The molecule has 0 unspecified atom stereocenters. The first-order chi connectivity index (χ1) is 11.1. The van der Waals surface area contributed by atoms with Gasteiger partial charge in [-0.15, -0.1) is 11.3 Å². The molecule has 0 saturated heterocycles. The van der Waals surface area contributed by atoms with Crippen molar-refractivity contribution >= 4 is 33.0 Å². The number of thiazole rings is 1. The second kappa shape index (κ2) is 6.76. The highest BCUT2D eigenvalue weighted by Gasteiger charge is 2.17. The molecule has 8 heteroatoms. The second-order valence-electron chi connectivity index (χ2n) is 4.62. The maximum absolute atomic E-state index is 12.3. The summed E-state index contributed by atoms with van der Waals surface area (Å²) in [7, 11) is -3.67. The van der Waals surface area contributed by atoms with Crippen molar-refractivity contribution in [2.75, 3.05) is 0 Å². The Labute approximate surface area is 143 Å². The predicted octanol–water partition coefficient (Wildman–Crippen LogP) is 3.34. The first-order valence-electron chi connectivity index (χ1n) is 6.65. The quantitative estimate of drug-likeness (QED) is 0.752. The third-order valence-corrected chi connectivity index (χ3v) is 5.80. The van der Waals surface area contributed by atoms with Crippen LogP contribution in [-0.4, -0.2) is 18.4 Å². The number of benzene rings is 1. The Bertz CT molecular complexity index is 911. The van der Waals surface area contributed by atoms with E-state index in [1.165, 1.54) is 17.4 Å². The van der Waals surface area contributed by atoms with E-state index in [0.717, 1.165) is 11.3 Å². The van der Waals surface area contributed by atoms with E-state index in [-0.39, 0.29) is 16.5 Å². The number of aromatic nitrogens is 2. The van der Waals surface area contributed by atoms with Crippen molar-refractivity contribution in [1.82, 2.24) is 14.7 Å². The Morgan fingerprint density at radius 1 is 1.17 bits per heavy atom. The Morgan fingerprint density at radius 2 is 2.00 bits per heavy atom. The van der Waals surface area contributed by atoms with E-state index in [9.17, 15) is 8.42 Å². The standard InChI is InChI=1S/C15H12ClN3O2S2/c16-12-5-1-2-6-14(12)23(20,21)18-9-15-19-13(10-22-15)11-4-3-7-17-8-11/h1-8,10,18H,9H2. The van der Waals surface area contributed by atoms with Crippen molar-refractivity contribution in [2.45, 2.75) is 11.4 Å². The fraction of sp³-hybridized carbons (Fsp3) is 0.0667. The first kappa shape index (κ1) is 16.1. The molecule has 0 spiro atoms. The summed E-state index contributed by atoms with van der Waals surface area (Å²) in [5, 5.41) is 2.73. The number of halogens is 1. The Morgan fingerprint density at radius 3 is 2.74 bits per heavy atom. The van der Waals surface area contributed by atoms with Crippen molar-refractivity contribution in [3.63, 3.8) is 0 Å². The van der Waals surface area contributed by atoms with Gasteiger partial charge in [-0.1, -0.05) is 23.7 Å². The van der Waals surface area contributed by atoms with E-state index < -0.39 is 10.0 Å². The van der Waals surface area contributed by atoms with E-state index in [1.807, 2.05) is 17.5 Å². The lowest BCUT2D eigenvalue weighted by Gasteiger charge is -2.06. The van der Waals surface area contributed by atoms with Gasteiger partial charge in [0.2, 0.25) is 10.0 Å². The van der Waals surface area contributed by atoms with Gasteiger partial charge in [0.25, 0.3) is 0 Å². The molecule has 0 aliphatic rings. The first-order valence-corrected chi connectivity index (χ1v) is 9.39. The van der Waals surface area contributed by atoms with E-state index in [4.69, 9.17) is 11.6 Å². The highest BCUT2D eigenvalue weighted by atomic mass is 35.5. The van der Waals surface area contributed by atoms with Gasteiger partial charge in [0.15, 0.2) is 0 Å². The van der Waals surface area contributed by atoms with Gasteiger partial charge in [-0.2, -0.15) is 0 Å². The van der Waals surface area contributed by atoms with Crippen LogP contribution in [0.3, 0.4) is 0 Å². The zero-order valence-electron chi connectivity index (χ0n) is 11.8. The Hall–Kier alpha value is -1.80. The van der Waals surface area contributed by atoms with Crippen LogP contribution < -0.4 is 4.72 Å². The number of nitrogens with one attached hydrogen (secondary N) is 1. The van der Waals surface area contributed by atoms with Crippen molar-refractivity contribution in [2.24, 2.45) is 0 Å². The number of hydrogen-bond acceptors (Lipinski definition) is 5. The van der Waals surface area contributed by atoms with Crippen LogP contribution in [0.5, 0.6) is 0 Å². The maximum Gasteiger partial charge on any atom is 0.242 e. The summed E-state index contributed by atoms with van der Waals surface area (Å²) in [5.41, 5.74) is 1.67. The summed E-state index contributed by atoms with van der Waals surface area (Å²) >= 11 is 7.32. The molecule has 23 heavy (non-hydrogen) atoms. The number of sulfonamides is 1. The number of pyridine rings is 1. The molecule has 3 rings (SSSR count). The monoisotopic (exact) mass is 365 g/mol. The number of hydrogen-bond donors (Lipinski definition) is 1. The maximum atomic E-state index is 12.3. The largest absolute Gasteiger partial charge is 0.264 e. The molecule has 0 bridgehead atoms. The van der Waals surface area contributed by atoms with E-state index in [1.54, 1.807) is 30.6 Å². The lowest BCUT2D eigenvalue weighted by atomic mass is 10.2. The van der Waals surface area contributed by atoms with E-state index in [0.29, 0.717) is 5.01 Å². The van der Waals surface area contributed by atoms with E-state index >= 15 is 0 Å². The van der Waals surface area contributed by atoms with Crippen LogP contribution in [0.4, 0.5) is 0 Å². The van der Waals surface area contributed by atoms with Crippen LogP contribution in [0.15, 0.2) is 59.1 Å². The van der Waals surface area contributed by atoms with Gasteiger partial charge in [-0.3, -0.25) is 4.98 Å². The molecular weight excluding hydrogens is 354 g/mol. The lowest BCUT2D eigenvalue weighted by Crippen LogP contribution is -2.23. The average Bonchev–Trinajstić information content (AvgIpc) is 3.03.